The third-order valence-electron chi connectivity index (χ3n) is 2.89. The Bertz CT molecular complexity index is 567. The summed E-state index contributed by atoms with van der Waals surface area (Å²) >= 11 is 0. The molecule has 0 atom stereocenters. The first kappa shape index (κ1) is 13.8. The maximum atomic E-state index is 12.1. The molecule has 8 heteroatoms. The quantitative estimate of drug-likeness (QED) is 0.857. The summed E-state index contributed by atoms with van der Waals surface area (Å²) in [5, 5.41) is 8.83. The zero-order valence-corrected chi connectivity index (χ0v) is 11.1. The van der Waals surface area contributed by atoms with Gasteiger partial charge in [0.25, 0.3) is 0 Å². The van der Waals surface area contributed by atoms with Crippen molar-refractivity contribution in [2.75, 3.05) is 17.8 Å². The fourth-order valence-electron chi connectivity index (χ4n) is 1.93. The van der Waals surface area contributed by atoms with Gasteiger partial charge in [0, 0.05) is 19.3 Å². The lowest BCUT2D eigenvalue weighted by Gasteiger charge is -2.26. The second-order valence-corrected chi connectivity index (χ2v) is 6.00. The number of nitrogens with zero attached hydrogens (tertiary/aromatic N) is 2. The van der Waals surface area contributed by atoms with E-state index in [4.69, 9.17) is 5.11 Å². The molecule has 1 aliphatic rings. The molecule has 1 aromatic heterocycles. The van der Waals surface area contributed by atoms with Crippen molar-refractivity contribution in [3.8, 4) is 0 Å². The van der Waals surface area contributed by atoms with Crippen LogP contribution in [-0.2, 0) is 10.2 Å². The van der Waals surface area contributed by atoms with E-state index in [2.05, 4.69) is 9.71 Å². The van der Waals surface area contributed by atoms with Gasteiger partial charge in [-0.05, 0) is 18.9 Å². The van der Waals surface area contributed by atoms with Crippen molar-refractivity contribution in [1.29, 1.82) is 0 Å². The molecule has 0 saturated carbocycles. The molecule has 2 heterocycles. The number of nitrogens with one attached hydrogen (secondary N) is 1. The van der Waals surface area contributed by atoms with Gasteiger partial charge in [0.1, 0.15) is 0 Å². The number of anilines is 1. The maximum Gasteiger partial charge on any atom is 0.337 e. The Morgan fingerprint density at radius 3 is 2.58 bits per heavy atom. The normalized spacial score (nSPS) is 17.1. The summed E-state index contributed by atoms with van der Waals surface area (Å²) in [5.74, 6) is -1.15. The molecule has 2 rings (SSSR count). The highest BCUT2D eigenvalue weighted by atomic mass is 32.2. The number of aromatic carboxylic acids is 1. The lowest BCUT2D eigenvalue weighted by molar-refractivity contribution is 0.0696. The van der Waals surface area contributed by atoms with E-state index in [-0.39, 0.29) is 11.3 Å². The number of hydrogen-bond donors (Lipinski definition) is 2. The standard InChI is InChI=1S/C11H15N3O4S/c15-11(16)9-6-10(8-12-7-9)13-19(17,18)14-4-2-1-3-5-14/h6-8,13H,1-5H2,(H,15,16). The number of piperidine rings is 1. The first-order valence-corrected chi connectivity index (χ1v) is 7.39. The van der Waals surface area contributed by atoms with E-state index in [0.29, 0.717) is 13.1 Å². The Morgan fingerprint density at radius 2 is 1.95 bits per heavy atom. The second-order valence-electron chi connectivity index (χ2n) is 4.33. The number of rotatable bonds is 4. The largest absolute Gasteiger partial charge is 0.478 e. The van der Waals surface area contributed by atoms with Gasteiger partial charge in [-0.15, -0.1) is 0 Å². The minimum absolute atomic E-state index is 0.0566. The van der Waals surface area contributed by atoms with Crippen LogP contribution in [0.15, 0.2) is 18.5 Å². The molecular formula is C11H15N3O4S. The third-order valence-corrected chi connectivity index (χ3v) is 4.43. The summed E-state index contributed by atoms with van der Waals surface area (Å²) in [4.78, 5) is 14.5. The van der Waals surface area contributed by atoms with Crippen molar-refractivity contribution in [3.63, 3.8) is 0 Å². The van der Waals surface area contributed by atoms with Crippen LogP contribution in [0.2, 0.25) is 0 Å². The van der Waals surface area contributed by atoms with Crippen molar-refractivity contribution in [3.05, 3.63) is 24.0 Å². The molecule has 0 unspecified atom stereocenters. The zero-order chi connectivity index (χ0) is 13.9. The number of carboxylic acid groups (broad SMARTS) is 1. The summed E-state index contributed by atoms with van der Waals surface area (Å²) < 4.78 is 27.9. The van der Waals surface area contributed by atoms with Crippen LogP contribution in [-0.4, -0.2) is 41.9 Å². The maximum absolute atomic E-state index is 12.1. The lowest BCUT2D eigenvalue weighted by Crippen LogP contribution is -2.39. The van der Waals surface area contributed by atoms with Crippen molar-refractivity contribution < 1.29 is 18.3 Å². The molecule has 1 saturated heterocycles. The predicted molar refractivity (Wildman–Crippen MR) is 69.2 cm³/mol. The molecule has 7 nitrogen and oxygen atoms in total. The molecular weight excluding hydrogens is 270 g/mol. The molecule has 0 aromatic carbocycles. The molecule has 2 N–H and O–H groups in total. The number of carboxylic acids is 1. The van der Waals surface area contributed by atoms with E-state index in [1.54, 1.807) is 0 Å². The van der Waals surface area contributed by atoms with E-state index in [1.165, 1.54) is 22.8 Å². The van der Waals surface area contributed by atoms with Crippen LogP contribution in [0.25, 0.3) is 0 Å². The van der Waals surface area contributed by atoms with Crippen LogP contribution in [0.1, 0.15) is 29.6 Å². The van der Waals surface area contributed by atoms with Gasteiger partial charge < -0.3 is 5.11 Å². The second kappa shape index (κ2) is 5.54. The molecule has 104 valence electrons. The Hall–Kier alpha value is -1.67. The van der Waals surface area contributed by atoms with Gasteiger partial charge in [0.2, 0.25) is 0 Å². The van der Waals surface area contributed by atoms with E-state index >= 15 is 0 Å². The monoisotopic (exact) mass is 285 g/mol. The molecule has 0 aliphatic carbocycles. The molecule has 19 heavy (non-hydrogen) atoms. The molecule has 0 bridgehead atoms. The highest BCUT2D eigenvalue weighted by Gasteiger charge is 2.23. The molecule has 1 aliphatic heterocycles. The molecule has 1 fully saturated rings. The van der Waals surface area contributed by atoms with Crippen LogP contribution in [0.3, 0.4) is 0 Å². The van der Waals surface area contributed by atoms with Crippen LogP contribution >= 0.6 is 0 Å². The number of pyridine rings is 1. The van der Waals surface area contributed by atoms with Crippen molar-refractivity contribution >= 4 is 21.9 Å². The summed E-state index contributed by atoms with van der Waals surface area (Å²) in [6, 6.07) is 1.25. The van der Waals surface area contributed by atoms with Gasteiger partial charge in [-0.1, -0.05) is 6.42 Å². The summed E-state index contributed by atoms with van der Waals surface area (Å²) in [7, 11) is -3.63. The minimum Gasteiger partial charge on any atom is -0.478 e. The fourth-order valence-corrected chi connectivity index (χ4v) is 3.21. The highest BCUT2D eigenvalue weighted by molar-refractivity contribution is 7.90. The fraction of sp³-hybridized carbons (Fsp3) is 0.455. The van der Waals surface area contributed by atoms with Gasteiger partial charge in [-0.25, -0.2) is 4.79 Å². The van der Waals surface area contributed by atoms with Gasteiger partial charge in [-0.3, -0.25) is 9.71 Å². The van der Waals surface area contributed by atoms with E-state index in [0.717, 1.165) is 19.3 Å². The molecule has 0 spiro atoms. The van der Waals surface area contributed by atoms with Crippen molar-refractivity contribution in [2.24, 2.45) is 0 Å². The molecule has 1 aromatic rings. The van der Waals surface area contributed by atoms with Gasteiger partial charge in [-0.2, -0.15) is 12.7 Å². The smallest absolute Gasteiger partial charge is 0.337 e. The van der Waals surface area contributed by atoms with Crippen LogP contribution in [0.4, 0.5) is 5.69 Å². The van der Waals surface area contributed by atoms with Crippen LogP contribution in [0.5, 0.6) is 0 Å². The average molecular weight is 285 g/mol. The van der Waals surface area contributed by atoms with Crippen molar-refractivity contribution in [1.82, 2.24) is 9.29 Å². The summed E-state index contributed by atoms with van der Waals surface area (Å²) in [5.41, 5.74) is 0.101. The molecule has 0 amide bonds. The zero-order valence-electron chi connectivity index (χ0n) is 10.2. The lowest BCUT2D eigenvalue weighted by atomic mass is 10.2. The van der Waals surface area contributed by atoms with E-state index < -0.39 is 16.2 Å². The first-order chi connectivity index (χ1) is 8.99. The Labute approximate surface area is 111 Å². The minimum atomic E-state index is -3.63. The number of hydrogen-bond acceptors (Lipinski definition) is 4. The Kier molecular flexibility index (Phi) is 4.01. The van der Waals surface area contributed by atoms with E-state index in [9.17, 15) is 13.2 Å². The van der Waals surface area contributed by atoms with Crippen LogP contribution < -0.4 is 4.72 Å². The predicted octanol–water partition coefficient (Wildman–Crippen LogP) is 0.922. The number of carbonyl (C=O) groups is 1. The molecule has 0 radical (unpaired) electrons. The van der Waals surface area contributed by atoms with Gasteiger partial charge in [0.05, 0.1) is 17.4 Å². The topological polar surface area (TPSA) is 99.6 Å². The van der Waals surface area contributed by atoms with Gasteiger partial charge in [0.15, 0.2) is 0 Å². The van der Waals surface area contributed by atoms with Gasteiger partial charge >= 0.3 is 16.2 Å². The van der Waals surface area contributed by atoms with Crippen LogP contribution in [0, 0.1) is 0 Å². The average Bonchev–Trinajstić information content (AvgIpc) is 2.39. The Balaban J connectivity index is 2.15. The first-order valence-electron chi connectivity index (χ1n) is 5.95. The van der Waals surface area contributed by atoms with E-state index in [1.807, 2.05) is 0 Å². The Morgan fingerprint density at radius 1 is 1.26 bits per heavy atom. The highest BCUT2D eigenvalue weighted by Crippen LogP contribution is 2.16. The SMILES string of the molecule is O=C(O)c1cncc(NS(=O)(=O)N2CCCCC2)c1. The summed E-state index contributed by atoms with van der Waals surface area (Å²) in [6.07, 6.45) is 5.17. The summed E-state index contributed by atoms with van der Waals surface area (Å²) in [6.45, 7) is 0.975. The number of aromatic nitrogens is 1. The van der Waals surface area contributed by atoms with Crippen molar-refractivity contribution in [2.45, 2.75) is 19.3 Å². The third kappa shape index (κ3) is 3.42.